The van der Waals surface area contributed by atoms with E-state index in [4.69, 9.17) is 0 Å². The van der Waals surface area contributed by atoms with Crippen molar-refractivity contribution in [1.29, 1.82) is 0 Å². The number of hydrogen-bond donors (Lipinski definition) is 1. The topological polar surface area (TPSA) is 63.2 Å². The zero-order valence-electron chi connectivity index (χ0n) is 18.1. The highest BCUT2D eigenvalue weighted by Crippen LogP contribution is 2.30. The molecule has 2 aromatic rings. The standard InChI is InChI=1S/C24H24F5NO3/c1-14(2)19(23(33)24(27,28)29)13-20(31)22(16-6-4-3-5-7-16)30-21(32)9-8-15-10-17(25)12-18(26)11-15/h3-7,10-12,14,19,22H,8-9,13H2,1-2H3,(H,30,32)/t19-,22-/m0/s1. The second-order valence-corrected chi connectivity index (χ2v) is 8.07. The molecule has 0 unspecified atom stereocenters. The molecule has 0 heterocycles. The van der Waals surface area contributed by atoms with Crippen LogP contribution < -0.4 is 5.32 Å². The number of carbonyl (C=O) groups is 3. The van der Waals surface area contributed by atoms with E-state index in [0.29, 0.717) is 11.6 Å². The summed E-state index contributed by atoms with van der Waals surface area (Å²) in [6, 6.07) is 9.48. The third-order valence-corrected chi connectivity index (χ3v) is 5.17. The van der Waals surface area contributed by atoms with E-state index >= 15 is 0 Å². The van der Waals surface area contributed by atoms with Crippen LogP contribution in [0.25, 0.3) is 0 Å². The molecule has 2 atom stereocenters. The summed E-state index contributed by atoms with van der Waals surface area (Å²) >= 11 is 0. The van der Waals surface area contributed by atoms with Crippen LogP contribution in [-0.4, -0.2) is 23.6 Å². The first-order valence-corrected chi connectivity index (χ1v) is 10.3. The minimum Gasteiger partial charge on any atom is -0.342 e. The van der Waals surface area contributed by atoms with Crippen molar-refractivity contribution in [2.75, 3.05) is 0 Å². The van der Waals surface area contributed by atoms with Gasteiger partial charge in [0.1, 0.15) is 17.7 Å². The van der Waals surface area contributed by atoms with Crippen LogP contribution in [-0.2, 0) is 20.8 Å². The molecule has 1 N–H and O–H groups in total. The van der Waals surface area contributed by atoms with Gasteiger partial charge >= 0.3 is 6.18 Å². The number of aryl methyl sites for hydroxylation is 1. The molecule has 0 aliphatic heterocycles. The molecule has 9 heteroatoms. The van der Waals surface area contributed by atoms with E-state index < -0.39 is 59.6 Å². The normalized spacial score (nSPS) is 13.5. The summed E-state index contributed by atoms with van der Waals surface area (Å²) < 4.78 is 65.6. The smallest absolute Gasteiger partial charge is 0.342 e. The van der Waals surface area contributed by atoms with Crippen LogP contribution in [0.1, 0.15) is 43.9 Å². The van der Waals surface area contributed by atoms with E-state index in [-0.39, 0.29) is 18.4 Å². The summed E-state index contributed by atoms with van der Waals surface area (Å²) in [5.41, 5.74) is 0.579. The number of amides is 1. The minimum atomic E-state index is -5.08. The predicted octanol–water partition coefficient (Wildman–Crippen LogP) is 5.12. The predicted molar refractivity (Wildman–Crippen MR) is 111 cm³/mol. The van der Waals surface area contributed by atoms with Gasteiger partial charge in [0.25, 0.3) is 0 Å². The lowest BCUT2D eigenvalue weighted by atomic mass is 9.84. The fraction of sp³-hybridized carbons (Fsp3) is 0.375. The second-order valence-electron chi connectivity index (χ2n) is 8.07. The molecular weight excluding hydrogens is 445 g/mol. The average molecular weight is 469 g/mol. The van der Waals surface area contributed by atoms with E-state index in [1.54, 1.807) is 18.2 Å². The molecule has 0 saturated heterocycles. The zero-order chi connectivity index (χ0) is 24.8. The van der Waals surface area contributed by atoms with Crippen LogP contribution in [0.5, 0.6) is 0 Å². The first kappa shape index (κ1) is 26.2. The summed E-state index contributed by atoms with van der Waals surface area (Å²) in [6.45, 7) is 2.83. The van der Waals surface area contributed by atoms with Gasteiger partial charge < -0.3 is 5.32 Å². The largest absolute Gasteiger partial charge is 0.450 e. The molecule has 4 nitrogen and oxygen atoms in total. The van der Waals surface area contributed by atoms with Crippen molar-refractivity contribution in [3.8, 4) is 0 Å². The van der Waals surface area contributed by atoms with Crippen LogP contribution in [0.3, 0.4) is 0 Å². The number of alkyl halides is 3. The van der Waals surface area contributed by atoms with Gasteiger partial charge in [-0.3, -0.25) is 14.4 Å². The van der Waals surface area contributed by atoms with Crippen molar-refractivity contribution in [1.82, 2.24) is 5.32 Å². The molecule has 2 rings (SSSR count). The third-order valence-electron chi connectivity index (χ3n) is 5.17. The Morgan fingerprint density at radius 2 is 1.52 bits per heavy atom. The number of nitrogens with one attached hydrogen (secondary N) is 1. The summed E-state index contributed by atoms with van der Waals surface area (Å²) in [4.78, 5) is 37.3. The number of Topliss-reactive ketones (excluding diaryl/α,β-unsaturated/α-hetero) is 2. The lowest BCUT2D eigenvalue weighted by Gasteiger charge is -2.24. The minimum absolute atomic E-state index is 0.0165. The fourth-order valence-electron chi connectivity index (χ4n) is 3.42. The zero-order valence-corrected chi connectivity index (χ0v) is 18.1. The van der Waals surface area contributed by atoms with Gasteiger partial charge in [0.15, 0.2) is 5.78 Å². The number of carbonyl (C=O) groups excluding carboxylic acids is 3. The maximum Gasteiger partial charge on any atom is 0.450 e. The second kappa shape index (κ2) is 11.2. The summed E-state index contributed by atoms with van der Waals surface area (Å²) in [6.07, 6.45) is -6.02. The Balaban J connectivity index is 2.18. The maximum absolute atomic E-state index is 13.3. The molecule has 1 amide bonds. The molecule has 0 saturated carbocycles. The summed E-state index contributed by atoms with van der Waals surface area (Å²) in [5.74, 6) is -7.30. The van der Waals surface area contributed by atoms with Gasteiger partial charge in [0.05, 0.1) is 0 Å². The molecule has 0 fully saturated rings. The van der Waals surface area contributed by atoms with Gasteiger partial charge in [0, 0.05) is 24.8 Å². The molecule has 0 aliphatic rings. The van der Waals surface area contributed by atoms with Crippen molar-refractivity contribution in [3.05, 3.63) is 71.3 Å². The summed E-state index contributed by atoms with van der Waals surface area (Å²) in [7, 11) is 0. The highest BCUT2D eigenvalue weighted by molar-refractivity contribution is 5.95. The van der Waals surface area contributed by atoms with Gasteiger partial charge in [-0.25, -0.2) is 8.78 Å². The highest BCUT2D eigenvalue weighted by atomic mass is 19.4. The number of halogens is 5. The van der Waals surface area contributed by atoms with Crippen molar-refractivity contribution < 1.29 is 36.3 Å². The van der Waals surface area contributed by atoms with Crippen molar-refractivity contribution >= 4 is 17.5 Å². The number of rotatable bonds is 10. The number of benzene rings is 2. The van der Waals surface area contributed by atoms with E-state index in [2.05, 4.69) is 5.32 Å². The van der Waals surface area contributed by atoms with Gasteiger partial charge in [-0.2, -0.15) is 13.2 Å². The Labute approximate surface area is 188 Å². The average Bonchev–Trinajstić information content (AvgIpc) is 2.72. The van der Waals surface area contributed by atoms with Crippen LogP contribution in [0, 0.1) is 23.5 Å². The first-order chi connectivity index (χ1) is 15.4. The van der Waals surface area contributed by atoms with Crippen molar-refractivity contribution in [2.45, 2.75) is 45.3 Å². The lowest BCUT2D eigenvalue weighted by Crippen LogP contribution is -2.39. The van der Waals surface area contributed by atoms with Crippen LogP contribution in [0.2, 0.25) is 0 Å². The van der Waals surface area contributed by atoms with E-state index in [9.17, 15) is 36.3 Å². The van der Waals surface area contributed by atoms with E-state index in [1.165, 1.54) is 26.0 Å². The van der Waals surface area contributed by atoms with Gasteiger partial charge in [-0.05, 0) is 35.6 Å². The molecule has 2 aromatic carbocycles. The first-order valence-electron chi connectivity index (χ1n) is 10.3. The van der Waals surface area contributed by atoms with Crippen LogP contribution in [0.15, 0.2) is 48.5 Å². The Morgan fingerprint density at radius 1 is 0.939 bits per heavy atom. The van der Waals surface area contributed by atoms with Gasteiger partial charge in [-0.15, -0.1) is 0 Å². The van der Waals surface area contributed by atoms with E-state index in [0.717, 1.165) is 12.1 Å². The Hall–Kier alpha value is -3.10. The molecule has 178 valence electrons. The molecule has 0 radical (unpaired) electrons. The molecule has 0 spiro atoms. The SMILES string of the molecule is CC(C)[C@H](CC(=O)[C@@H](NC(=O)CCc1cc(F)cc(F)c1)c1ccccc1)C(=O)C(F)(F)F. The summed E-state index contributed by atoms with van der Waals surface area (Å²) in [5, 5.41) is 2.49. The molecule has 33 heavy (non-hydrogen) atoms. The van der Waals surface area contributed by atoms with Crippen LogP contribution >= 0.6 is 0 Å². The molecule has 0 aromatic heterocycles. The quantitative estimate of drug-likeness (QED) is 0.492. The van der Waals surface area contributed by atoms with Crippen molar-refractivity contribution in [3.63, 3.8) is 0 Å². The van der Waals surface area contributed by atoms with Crippen LogP contribution in [0.4, 0.5) is 22.0 Å². The highest BCUT2D eigenvalue weighted by Gasteiger charge is 2.45. The Bertz CT molecular complexity index is 969. The molecular formula is C24H24F5NO3. The molecule has 0 bridgehead atoms. The maximum atomic E-state index is 13.3. The molecule has 0 aliphatic carbocycles. The lowest BCUT2D eigenvalue weighted by molar-refractivity contribution is -0.177. The van der Waals surface area contributed by atoms with E-state index in [1.807, 2.05) is 0 Å². The Kier molecular flexibility index (Phi) is 8.84. The van der Waals surface area contributed by atoms with Gasteiger partial charge in [0.2, 0.25) is 11.7 Å². The van der Waals surface area contributed by atoms with Crippen molar-refractivity contribution in [2.24, 2.45) is 11.8 Å². The number of ketones is 2. The Morgan fingerprint density at radius 3 is 2.03 bits per heavy atom. The van der Waals surface area contributed by atoms with Gasteiger partial charge in [-0.1, -0.05) is 44.2 Å². The number of hydrogen-bond acceptors (Lipinski definition) is 3. The third kappa shape index (κ3) is 7.76. The fourth-order valence-corrected chi connectivity index (χ4v) is 3.42. The monoisotopic (exact) mass is 469 g/mol.